The van der Waals surface area contributed by atoms with E-state index in [1.807, 2.05) is 43.3 Å². The summed E-state index contributed by atoms with van der Waals surface area (Å²) in [6.07, 6.45) is 0. The van der Waals surface area contributed by atoms with Crippen LogP contribution in [0.4, 0.5) is 5.69 Å². The van der Waals surface area contributed by atoms with Gasteiger partial charge in [-0.2, -0.15) is 0 Å². The van der Waals surface area contributed by atoms with E-state index in [0.717, 1.165) is 12.2 Å². The number of likely N-dealkylation sites (N-methyl/N-ethyl adjacent to an activating group) is 1. The third kappa shape index (κ3) is 6.22. The number of nitrogens with zero attached hydrogens (tertiary/aromatic N) is 1. The summed E-state index contributed by atoms with van der Waals surface area (Å²) in [7, 11) is 3.91. The molecule has 2 amide bonds. The molecule has 0 atom stereocenters. The minimum absolute atomic E-state index is 0.0749. The van der Waals surface area contributed by atoms with Gasteiger partial charge in [0.1, 0.15) is 0 Å². The van der Waals surface area contributed by atoms with Crippen LogP contribution in [0, 0.1) is 0 Å². The van der Waals surface area contributed by atoms with E-state index < -0.39 is 0 Å². The third-order valence-corrected chi connectivity index (χ3v) is 4.26. The molecule has 144 valence electrons. The van der Waals surface area contributed by atoms with Crippen molar-refractivity contribution in [1.82, 2.24) is 10.2 Å². The van der Waals surface area contributed by atoms with Gasteiger partial charge in [0.25, 0.3) is 11.8 Å². The van der Waals surface area contributed by atoms with Gasteiger partial charge in [0.05, 0.1) is 0 Å². The van der Waals surface area contributed by atoms with Crippen molar-refractivity contribution in [2.24, 2.45) is 0 Å². The molecule has 0 bridgehead atoms. The Labute approximate surface area is 161 Å². The van der Waals surface area contributed by atoms with E-state index in [9.17, 15) is 9.59 Å². The van der Waals surface area contributed by atoms with Gasteiger partial charge in [-0.1, -0.05) is 32.9 Å². The van der Waals surface area contributed by atoms with Crippen LogP contribution in [0.2, 0.25) is 0 Å². The Hall–Kier alpha value is -2.66. The topological polar surface area (TPSA) is 61.4 Å². The summed E-state index contributed by atoms with van der Waals surface area (Å²) in [6.45, 7) is 7.81. The highest BCUT2D eigenvalue weighted by molar-refractivity contribution is 6.05. The van der Waals surface area contributed by atoms with Gasteiger partial charge < -0.3 is 15.5 Å². The predicted molar refractivity (Wildman–Crippen MR) is 110 cm³/mol. The molecule has 0 radical (unpaired) electrons. The summed E-state index contributed by atoms with van der Waals surface area (Å²) in [4.78, 5) is 26.5. The Balaban J connectivity index is 1.96. The Kier molecular flexibility index (Phi) is 6.75. The molecule has 5 nitrogen and oxygen atoms in total. The minimum atomic E-state index is -0.196. The number of hydrogen-bond acceptors (Lipinski definition) is 3. The first-order valence-electron chi connectivity index (χ1n) is 9.12. The van der Waals surface area contributed by atoms with Crippen LogP contribution in [0.15, 0.2) is 48.5 Å². The monoisotopic (exact) mass is 367 g/mol. The van der Waals surface area contributed by atoms with Crippen molar-refractivity contribution < 1.29 is 9.59 Å². The standard InChI is InChI=1S/C22H29N3O2/c1-22(2,3)18-10-12-19(13-11-18)24-21(27)17-8-6-16(7-9-17)20(26)23-14-15-25(4)5/h6-13H,14-15H2,1-5H3,(H,23,26)(H,24,27). The number of benzene rings is 2. The Bertz CT molecular complexity index is 773. The number of carbonyl (C=O) groups excluding carboxylic acids is 2. The fourth-order valence-electron chi connectivity index (χ4n) is 2.52. The smallest absolute Gasteiger partial charge is 0.255 e. The summed E-state index contributed by atoms with van der Waals surface area (Å²) in [5, 5.41) is 5.74. The molecule has 2 N–H and O–H groups in total. The number of anilines is 1. The van der Waals surface area contributed by atoms with Gasteiger partial charge in [-0.3, -0.25) is 9.59 Å². The molecular formula is C22H29N3O2. The normalized spacial score (nSPS) is 11.3. The van der Waals surface area contributed by atoms with E-state index >= 15 is 0 Å². The van der Waals surface area contributed by atoms with E-state index in [1.165, 1.54) is 5.56 Å². The van der Waals surface area contributed by atoms with Crippen LogP contribution in [0.25, 0.3) is 0 Å². The number of hydrogen-bond donors (Lipinski definition) is 2. The molecule has 0 saturated heterocycles. The summed E-state index contributed by atoms with van der Waals surface area (Å²) >= 11 is 0. The van der Waals surface area contributed by atoms with Gasteiger partial charge in [0.15, 0.2) is 0 Å². The summed E-state index contributed by atoms with van der Waals surface area (Å²) in [5.41, 5.74) is 3.09. The lowest BCUT2D eigenvalue weighted by Crippen LogP contribution is -2.31. The lowest BCUT2D eigenvalue weighted by atomic mass is 9.87. The fourth-order valence-corrected chi connectivity index (χ4v) is 2.52. The lowest BCUT2D eigenvalue weighted by molar-refractivity contribution is 0.0949. The van der Waals surface area contributed by atoms with Crippen LogP contribution >= 0.6 is 0 Å². The van der Waals surface area contributed by atoms with Crippen LogP contribution in [-0.2, 0) is 5.41 Å². The van der Waals surface area contributed by atoms with Crippen molar-refractivity contribution in [3.8, 4) is 0 Å². The molecule has 2 aromatic rings. The zero-order valence-corrected chi connectivity index (χ0v) is 16.8. The van der Waals surface area contributed by atoms with E-state index in [1.54, 1.807) is 24.3 Å². The average Bonchev–Trinajstić information content (AvgIpc) is 2.61. The molecule has 0 fully saturated rings. The number of carbonyl (C=O) groups is 2. The van der Waals surface area contributed by atoms with Crippen LogP contribution in [0.1, 0.15) is 47.1 Å². The van der Waals surface area contributed by atoms with E-state index in [-0.39, 0.29) is 17.2 Å². The van der Waals surface area contributed by atoms with Crippen LogP contribution in [0.5, 0.6) is 0 Å². The van der Waals surface area contributed by atoms with Crippen molar-refractivity contribution in [2.75, 3.05) is 32.5 Å². The Morgan fingerprint density at radius 2 is 1.37 bits per heavy atom. The SMILES string of the molecule is CN(C)CCNC(=O)c1ccc(C(=O)Nc2ccc(C(C)(C)C)cc2)cc1. The van der Waals surface area contributed by atoms with E-state index in [4.69, 9.17) is 0 Å². The lowest BCUT2D eigenvalue weighted by Gasteiger charge is -2.19. The highest BCUT2D eigenvalue weighted by atomic mass is 16.2. The van der Waals surface area contributed by atoms with Crippen molar-refractivity contribution in [3.05, 3.63) is 65.2 Å². The minimum Gasteiger partial charge on any atom is -0.351 e. The van der Waals surface area contributed by atoms with Crippen LogP contribution < -0.4 is 10.6 Å². The van der Waals surface area contributed by atoms with Gasteiger partial charge in [0.2, 0.25) is 0 Å². The molecule has 0 aromatic heterocycles. The van der Waals surface area contributed by atoms with Crippen molar-refractivity contribution in [1.29, 1.82) is 0 Å². The van der Waals surface area contributed by atoms with Crippen molar-refractivity contribution >= 4 is 17.5 Å². The molecule has 0 aliphatic carbocycles. The first kappa shape index (κ1) is 20.6. The first-order valence-corrected chi connectivity index (χ1v) is 9.12. The van der Waals surface area contributed by atoms with Gasteiger partial charge in [-0.05, 0) is 61.5 Å². The summed E-state index contributed by atoms with van der Waals surface area (Å²) in [6, 6.07) is 14.5. The largest absolute Gasteiger partial charge is 0.351 e. The fraction of sp³-hybridized carbons (Fsp3) is 0.364. The van der Waals surface area contributed by atoms with Crippen molar-refractivity contribution in [2.45, 2.75) is 26.2 Å². The number of amides is 2. The molecule has 0 unspecified atom stereocenters. The van der Waals surface area contributed by atoms with E-state index in [0.29, 0.717) is 17.7 Å². The average molecular weight is 367 g/mol. The maximum atomic E-state index is 12.4. The quantitative estimate of drug-likeness (QED) is 0.821. The van der Waals surface area contributed by atoms with Gasteiger partial charge in [-0.25, -0.2) is 0 Å². The van der Waals surface area contributed by atoms with Crippen molar-refractivity contribution in [3.63, 3.8) is 0 Å². The zero-order valence-electron chi connectivity index (χ0n) is 16.8. The Morgan fingerprint density at radius 1 is 0.852 bits per heavy atom. The van der Waals surface area contributed by atoms with Gasteiger partial charge in [0, 0.05) is 29.9 Å². The predicted octanol–water partition coefficient (Wildman–Crippen LogP) is 3.53. The van der Waals surface area contributed by atoms with Crippen LogP contribution in [0.3, 0.4) is 0 Å². The molecular weight excluding hydrogens is 338 g/mol. The summed E-state index contributed by atoms with van der Waals surface area (Å²) in [5.74, 6) is -0.334. The number of rotatable bonds is 6. The molecule has 2 aromatic carbocycles. The van der Waals surface area contributed by atoms with E-state index in [2.05, 4.69) is 31.4 Å². The third-order valence-electron chi connectivity index (χ3n) is 4.26. The molecule has 0 heterocycles. The van der Waals surface area contributed by atoms with Gasteiger partial charge in [-0.15, -0.1) is 0 Å². The second kappa shape index (κ2) is 8.82. The number of nitrogens with one attached hydrogen (secondary N) is 2. The molecule has 0 saturated carbocycles. The van der Waals surface area contributed by atoms with Gasteiger partial charge >= 0.3 is 0 Å². The van der Waals surface area contributed by atoms with Crippen LogP contribution in [-0.4, -0.2) is 43.9 Å². The summed E-state index contributed by atoms with van der Waals surface area (Å²) < 4.78 is 0. The maximum Gasteiger partial charge on any atom is 0.255 e. The first-order chi connectivity index (χ1) is 12.7. The highest BCUT2D eigenvalue weighted by Crippen LogP contribution is 2.23. The Morgan fingerprint density at radius 3 is 1.85 bits per heavy atom. The maximum absolute atomic E-state index is 12.4. The molecule has 0 spiro atoms. The highest BCUT2D eigenvalue weighted by Gasteiger charge is 2.14. The zero-order chi connectivity index (χ0) is 20.0. The molecule has 0 aliphatic heterocycles. The molecule has 5 heteroatoms. The second-order valence-electron chi connectivity index (χ2n) is 7.92. The molecule has 2 rings (SSSR count). The second-order valence-corrected chi connectivity index (χ2v) is 7.92. The molecule has 27 heavy (non-hydrogen) atoms. The molecule has 0 aliphatic rings.